The quantitative estimate of drug-likeness (QED) is 0.439. The number of benzene rings is 1. The Morgan fingerprint density at radius 1 is 1.19 bits per heavy atom. The van der Waals surface area contributed by atoms with Gasteiger partial charge < -0.3 is 15.4 Å². The van der Waals surface area contributed by atoms with Crippen LogP contribution in [0.1, 0.15) is 26.2 Å². The molecule has 0 saturated carbocycles. The van der Waals surface area contributed by atoms with Gasteiger partial charge in [-0.25, -0.2) is 0 Å². The summed E-state index contributed by atoms with van der Waals surface area (Å²) in [5.41, 5.74) is 0.551. The van der Waals surface area contributed by atoms with E-state index in [-0.39, 0.29) is 0 Å². The van der Waals surface area contributed by atoms with Crippen molar-refractivity contribution in [3.05, 3.63) is 36.9 Å². The zero-order chi connectivity index (χ0) is 15.5. The van der Waals surface area contributed by atoms with Crippen LogP contribution >= 0.6 is 0 Å². The Balaban J connectivity index is 2.39. The second-order valence-corrected chi connectivity index (χ2v) is 4.54. The fourth-order valence-electron chi connectivity index (χ4n) is 1.63. The number of ether oxygens (including phenoxy) is 1. The Hall–Kier alpha value is -2.30. The first-order valence-electron chi connectivity index (χ1n) is 7.10. The molecule has 0 radical (unpaired) electrons. The van der Waals surface area contributed by atoms with Crippen molar-refractivity contribution in [2.45, 2.75) is 26.2 Å². The molecular formula is C16H22N2O3. The lowest BCUT2D eigenvalue weighted by atomic mass is 10.2. The predicted molar refractivity (Wildman–Crippen MR) is 83.3 cm³/mol. The van der Waals surface area contributed by atoms with Gasteiger partial charge >= 0.3 is 11.8 Å². The Morgan fingerprint density at radius 3 is 2.52 bits per heavy atom. The van der Waals surface area contributed by atoms with Gasteiger partial charge in [-0.2, -0.15) is 0 Å². The fourth-order valence-corrected chi connectivity index (χ4v) is 1.63. The van der Waals surface area contributed by atoms with Crippen molar-refractivity contribution < 1.29 is 14.3 Å². The van der Waals surface area contributed by atoms with Gasteiger partial charge in [-0.3, -0.25) is 9.59 Å². The van der Waals surface area contributed by atoms with Gasteiger partial charge in [0.05, 0.1) is 0 Å². The zero-order valence-corrected chi connectivity index (χ0v) is 12.4. The van der Waals surface area contributed by atoms with E-state index in [2.05, 4.69) is 24.1 Å². The normalized spacial score (nSPS) is 9.76. The maximum Gasteiger partial charge on any atom is 0.313 e. The first-order valence-corrected chi connectivity index (χ1v) is 7.10. The lowest BCUT2D eigenvalue weighted by Crippen LogP contribution is -2.35. The van der Waals surface area contributed by atoms with Crippen LogP contribution in [0.3, 0.4) is 0 Å². The number of carbonyl (C=O) groups is 2. The first kappa shape index (κ1) is 16.8. The standard InChI is InChI=1S/C16H22N2O3/c1-3-5-6-11-17-15(19)16(20)18-13-7-9-14(10-8-13)21-12-4-2/h4,7-10H,2-3,5-6,11-12H2,1H3,(H,17,19)(H,18,20). The van der Waals surface area contributed by atoms with Crippen LogP contribution in [0.4, 0.5) is 5.69 Å². The summed E-state index contributed by atoms with van der Waals surface area (Å²) in [6.45, 7) is 6.59. The molecule has 0 bridgehead atoms. The SMILES string of the molecule is C=CCOc1ccc(NC(=O)C(=O)NCCCCC)cc1. The van der Waals surface area contributed by atoms with Crippen LogP contribution in [0.5, 0.6) is 5.75 Å². The summed E-state index contributed by atoms with van der Waals surface area (Å²) in [7, 11) is 0. The number of amides is 2. The molecule has 5 nitrogen and oxygen atoms in total. The molecule has 21 heavy (non-hydrogen) atoms. The molecule has 1 aromatic carbocycles. The number of anilines is 1. The number of unbranched alkanes of at least 4 members (excludes halogenated alkanes) is 2. The van der Waals surface area contributed by atoms with Crippen LogP contribution < -0.4 is 15.4 Å². The summed E-state index contributed by atoms with van der Waals surface area (Å²) in [6.07, 6.45) is 4.64. The highest BCUT2D eigenvalue weighted by molar-refractivity contribution is 6.39. The molecule has 1 rings (SSSR count). The Bertz CT molecular complexity index is 469. The monoisotopic (exact) mass is 290 g/mol. The van der Waals surface area contributed by atoms with Crippen LogP contribution in [0, 0.1) is 0 Å². The van der Waals surface area contributed by atoms with Crippen molar-refractivity contribution >= 4 is 17.5 Å². The molecule has 0 aromatic heterocycles. The number of hydrogen-bond donors (Lipinski definition) is 2. The topological polar surface area (TPSA) is 67.4 Å². The minimum absolute atomic E-state index is 0.422. The van der Waals surface area contributed by atoms with Gasteiger partial charge in [0.25, 0.3) is 0 Å². The lowest BCUT2D eigenvalue weighted by molar-refractivity contribution is -0.136. The van der Waals surface area contributed by atoms with Crippen LogP contribution in [0.15, 0.2) is 36.9 Å². The third kappa shape index (κ3) is 6.61. The fraction of sp³-hybridized carbons (Fsp3) is 0.375. The Morgan fingerprint density at radius 2 is 1.90 bits per heavy atom. The second-order valence-electron chi connectivity index (χ2n) is 4.54. The van der Waals surface area contributed by atoms with Crippen molar-refractivity contribution in [1.29, 1.82) is 0 Å². The van der Waals surface area contributed by atoms with Gasteiger partial charge in [0.2, 0.25) is 0 Å². The van der Waals surface area contributed by atoms with Crippen molar-refractivity contribution in [1.82, 2.24) is 5.32 Å². The molecule has 1 aromatic rings. The summed E-state index contributed by atoms with van der Waals surface area (Å²) in [5.74, 6) is -0.596. The number of carbonyl (C=O) groups excluding carboxylic acids is 2. The molecule has 2 amide bonds. The van der Waals surface area contributed by atoms with Crippen molar-refractivity contribution in [3.8, 4) is 5.75 Å². The van der Waals surface area contributed by atoms with Gasteiger partial charge in [-0.15, -0.1) is 0 Å². The highest BCUT2D eigenvalue weighted by atomic mass is 16.5. The van der Waals surface area contributed by atoms with E-state index in [4.69, 9.17) is 4.74 Å². The molecule has 0 aliphatic rings. The molecule has 0 saturated heterocycles. The van der Waals surface area contributed by atoms with E-state index in [9.17, 15) is 9.59 Å². The van der Waals surface area contributed by atoms with E-state index >= 15 is 0 Å². The third-order valence-corrected chi connectivity index (χ3v) is 2.75. The second kappa shape index (κ2) is 9.58. The van der Waals surface area contributed by atoms with E-state index in [1.54, 1.807) is 30.3 Å². The molecule has 0 aliphatic heterocycles. The van der Waals surface area contributed by atoms with Gasteiger partial charge in [-0.05, 0) is 30.7 Å². The average molecular weight is 290 g/mol. The summed E-state index contributed by atoms with van der Waals surface area (Å²) in [4.78, 5) is 23.2. The smallest absolute Gasteiger partial charge is 0.313 e. The van der Waals surface area contributed by atoms with E-state index in [1.165, 1.54) is 0 Å². The van der Waals surface area contributed by atoms with Crippen molar-refractivity contribution in [3.63, 3.8) is 0 Å². The van der Waals surface area contributed by atoms with Crippen LogP contribution in [-0.4, -0.2) is 25.0 Å². The summed E-state index contributed by atoms with van der Waals surface area (Å²) in [6, 6.07) is 6.80. The van der Waals surface area contributed by atoms with E-state index < -0.39 is 11.8 Å². The molecule has 0 atom stereocenters. The predicted octanol–water partition coefficient (Wildman–Crippen LogP) is 2.50. The molecule has 0 aliphatic carbocycles. The number of rotatable bonds is 8. The molecular weight excluding hydrogens is 268 g/mol. The minimum Gasteiger partial charge on any atom is -0.490 e. The largest absolute Gasteiger partial charge is 0.490 e. The van der Waals surface area contributed by atoms with E-state index in [1.807, 2.05) is 0 Å². The van der Waals surface area contributed by atoms with Gasteiger partial charge in [0, 0.05) is 12.2 Å². The van der Waals surface area contributed by atoms with Crippen LogP contribution in [0.2, 0.25) is 0 Å². The van der Waals surface area contributed by atoms with Crippen molar-refractivity contribution in [2.24, 2.45) is 0 Å². The summed E-state index contributed by atoms with van der Waals surface area (Å²) < 4.78 is 5.33. The Kier molecular flexibility index (Phi) is 7.64. The average Bonchev–Trinajstić information content (AvgIpc) is 2.50. The molecule has 114 valence electrons. The van der Waals surface area contributed by atoms with Crippen LogP contribution in [-0.2, 0) is 9.59 Å². The first-order chi connectivity index (χ1) is 10.2. The maximum absolute atomic E-state index is 11.7. The van der Waals surface area contributed by atoms with E-state index in [0.717, 1.165) is 19.3 Å². The lowest BCUT2D eigenvalue weighted by Gasteiger charge is -2.07. The van der Waals surface area contributed by atoms with Gasteiger partial charge in [-0.1, -0.05) is 32.4 Å². The molecule has 0 heterocycles. The highest BCUT2D eigenvalue weighted by Crippen LogP contribution is 2.15. The van der Waals surface area contributed by atoms with Gasteiger partial charge in [0.15, 0.2) is 0 Å². The van der Waals surface area contributed by atoms with Crippen LogP contribution in [0.25, 0.3) is 0 Å². The summed E-state index contributed by atoms with van der Waals surface area (Å²) >= 11 is 0. The summed E-state index contributed by atoms with van der Waals surface area (Å²) in [5, 5.41) is 5.13. The third-order valence-electron chi connectivity index (χ3n) is 2.75. The molecule has 0 unspecified atom stereocenters. The highest BCUT2D eigenvalue weighted by Gasteiger charge is 2.12. The molecule has 5 heteroatoms. The number of nitrogens with one attached hydrogen (secondary N) is 2. The number of hydrogen-bond acceptors (Lipinski definition) is 3. The minimum atomic E-state index is -0.661. The molecule has 2 N–H and O–H groups in total. The zero-order valence-electron chi connectivity index (χ0n) is 12.4. The molecule has 0 spiro atoms. The molecule has 0 fully saturated rings. The van der Waals surface area contributed by atoms with Crippen molar-refractivity contribution in [2.75, 3.05) is 18.5 Å². The van der Waals surface area contributed by atoms with E-state index in [0.29, 0.717) is 24.6 Å². The Labute approximate surface area is 125 Å². The maximum atomic E-state index is 11.7. The van der Waals surface area contributed by atoms with Gasteiger partial charge in [0.1, 0.15) is 12.4 Å².